The van der Waals surface area contributed by atoms with Gasteiger partial charge in [0.15, 0.2) is 0 Å². The summed E-state index contributed by atoms with van der Waals surface area (Å²) in [5.74, 6) is -0.317. The van der Waals surface area contributed by atoms with Gasteiger partial charge in [-0.3, -0.25) is 4.79 Å². The van der Waals surface area contributed by atoms with E-state index in [-0.39, 0.29) is 55.3 Å². The highest BCUT2D eigenvalue weighted by Gasteiger charge is 2.44. The van der Waals surface area contributed by atoms with Gasteiger partial charge in [-0.15, -0.1) is 0 Å². The summed E-state index contributed by atoms with van der Waals surface area (Å²) < 4.78 is 11.5. The third-order valence-corrected chi connectivity index (χ3v) is 7.37. The summed E-state index contributed by atoms with van der Waals surface area (Å²) in [5.41, 5.74) is -0.553. The summed E-state index contributed by atoms with van der Waals surface area (Å²) >= 11 is 0. The van der Waals surface area contributed by atoms with Gasteiger partial charge >= 0.3 is 5.97 Å². The van der Waals surface area contributed by atoms with Gasteiger partial charge in [0.25, 0.3) is 0 Å². The normalized spacial score (nSPS) is 38.7. The molecule has 1 fully saturated rings. The monoisotopic (exact) mass is 494 g/mol. The molecule has 0 unspecified atom stereocenters. The largest absolute Gasteiger partial charge is 0.457 e. The molecular formula is C28H46O7. The predicted molar refractivity (Wildman–Crippen MR) is 135 cm³/mol. The quantitative estimate of drug-likeness (QED) is 0.177. The number of rotatable bonds is 8. The molecule has 10 atom stereocenters. The number of carbonyl (C=O) groups excluding carboxylic acids is 1. The first kappa shape index (κ1) is 29.7. The number of aliphatic hydroxyl groups excluding tert-OH is 3. The number of hydrogen-bond donors (Lipinski definition) is 4. The second-order valence-corrected chi connectivity index (χ2v) is 10.8. The highest BCUT2D eigenvalue weighted by molar-refractivity contribution is 5.70. The molecule has 7 heteroatoms. The molecule has 4 N–H and O–H groups in total. The summed E-state index contributed by atoms with van der Waals surface area (Å²) in [6.45, 7) is 11.4. The molecule has 2 heterocycles. The minimum absolute atomic E-state index is 0.118. The Labute approximate surface area is 210 Å². The fourth-order valence-electron chi connectivity index (χ4n) is 4.63. The van der Waals surface area contributed by atoms with E-state index in [0.29, 0.717) is 0 Å². The molecule has 2 aliphatic heterocycles. The van der Waals surface area contributed by atoms with Crippen LogP contribution in [-0.2, 0) is 14.3 Å². The van der Waals surface area contributed by atoms with Crippen LogP contribution in [0.25, 0.3) is 0 Å². The number of aliphatic hydroxyl groups is 4. The molecule has 0 amide bonds. The lowest BCUT2D eigenvalue weighted by Gasteiger charge is -2.30. The van der Waals surface area contributed by atoms with Gasteiger partial charge < -0.3 is 29.9 Å². The van der Waals surface area contributed by atoms with E-state index >= 15 is 0 Å². The highest BCUT2D eigenvalue weighted by Crippen LogP contribution is 2.36. The Kier molecular flexibility index (Phi) is 11.2. The molecule has 0 aromatic carbocycles. The van der Waals surface area contributed by atoms with E-state index in [1.807, 2.05) is 39.8 Å². The molecule has 0 bridgehead atoms. The van der Waals surface area contributed by atoms with Gasteiger partial charge in [0.2, 0.25) is 0 Å². The zero-order valence-corrected chi connectivity index (χ0v) is 22.1. The van der Waals surface area contributed by atoms with Crippen LogP contribution < -0.4 is 0 Å². The van der Waals surface area contributed by atoms with E-state index in [9.17, 15) is 25.2 Å². The molecule has 2 aliphatic rings. The molecule has 0 aromatic rings. The first-order chi connectivity index (χ1) is 16.4. The number of carbonyl (C=O) groups is 1. The van der Waals surface area contributed by atoms with Crippen LogP contribution >= 0.6 is 0 Å². The summed E-state index contributed by atoms with van der Waals surface area (Å²) in [6.07, 6.45) is 8.41. The Morgan fingerprint density at radius 3 is 2.63 bits per heavy atom. The molecule has 7 nitrogen and oxygen atoms in total. The van der Waals surface area contributed by atoms with E-state index < -0.39 is 29.9 Å². The summed E-state index contributed by atoms with van der Waals surface area (Å²) in [7, 11) is 0. The molecular weight excluding hydrogens is 448 g/mol. The van der Waals surface area contributed by atoms with Crippen molar-refractivity contribution in [2.45, 2.75) is 116 Å². The number of ether oxygens (including phenoxy) is 2. The van der Waals surface area contributed by atoms with Crippen molar-refractivity contribution in [1.82, 2.24) is 0 Å². The molecule has 35 heavy (non-hydrogen) atoms. The maximum absolute atomic E-state index is 12.5. The lowest BCUT2D eigenvalue weighted by Crippen LogP contribution is -2.39. The number of cyclic esters (lactones) is 1. The third kappa shape index (κ3) is 9.14. The van der Waals surface area contributed by atoms with Gasteiger partial charge in [-0.25, -0.2) is 0 Å². The number of esters is 1. The van der Waals surface area contributed by atoms with Crippen LogP contribution in [0.1, 0.15) is 73.6 Å². The fourth-order valence-corrected chi connectivity index (χ4v) is 4.63. The van der Waals surface area contributed by atoms with Crippen LogP contribution in [0.3, 0.4) is 0 Å². The van der Waals surface area contributed by atoms with Gasteiger partial charge in [-0.05, 0) is 51.0 Å². The van der Waals surface area contributed by atoms with Crippen LogP contribution in [-0.4, -0.2) is 68.6 Å². The van der Waals surface area contributed by atoms with Crippen LogP contribution in [0.15, 0.2) is 36.0 Å². The van der Waals surface area contributed by atoms with E-state index in [2.05, 4.69) is 13.0 Å². The lowest BCUT2D eigenvalue weighted by molar-refractivity contribution is -0.151. The summed E-state index contributed by atoms with van der Waals surface area (Å²) in [5, 5.41) is 41.1. The van der Waals surface area contributed by atoms with Gasteiger partial charge in [0.1, 0.15) is 12.2 Å². The average molecular weight is 495 g/mol. The van der Waals surface area contributed by atoms with Crippen molar-refractivity contribution in [2.75, 3.05) is 0 Å². The van der Waals surface area contributed by atoms with Crippen molar-refractivity contribution in [1.29, 1.82) is 0 Å². The van der Waals surface area contributed by atoms with E-state index in [1.54, 1.807) is 6.08 Å². The summed E-state index contributed by atoms with van der Waals surface area (Å²) in [4.78, 5) is 12.5. The molecule has 0 saturated carbocycles. The average Bonchev–Trinajstić information content (AvgIpc) is 3.56. The Balaban J connectivity index is 2.04. The Morgan fingerprint density at radius 1 is 1.29 bits per heavy atom. The SMILES string of the molecule is CC[C@H](O)[C@@H](C)[C@H]1O[C@H]1C[C@H](C)/C=C/C=C(\C)[C@H]1OC(=O)C[C@H](O)CC[C@@](C)(O)[C@@H](O)/C=C/[C@@H]1C. The molecule has 200 valence electrons. The van der Waals surface area contributed by atoms with Crippen LogP contribution in [0, 0.1) is 17.8 Å². The highest BCUT2D eigenvalue weighted by atomic mass is 16.6. The number of allylic oxidation sites excluding steroid dienone is 3. The van der Waals surface area contributed by atoms with E-state index in [0.717, 1.165) is 18.4 Å². The molecule has 0 spiro atoms. The van der Waals surface area contributed by atoms with Crippen molar-refractivity contribution in [3.8, 4) is 0 Å². The van der Waals surface area contributed by atoms with Crippen molar-refractivity contribution in [2.24, 2.45) is 17.8 Å². The lowest BCUT2D eigenvalue weighted by atomic mass is 9.89. The maximum Gasteiger partial charge on any atom is 0.309 e. The van der Waals surface area contributed by atoms with Gasteiger partial charge in [0, 0.05) is 11.8 Å². The second-order valence-electron chi connectivity index (χ2n) is 10.8. The maximum atomic E-state index is 12.5. The van der Waals surface area contributed by atoms with Crippen LogP contribution in [0.2, 0.25) is 0 Å². The third-order valence-electron chi connectivity index (χ3n) is 7.37. The number of hydrogen-bond acceptors (Lipinski definition) is 7. The Hall–Kier alpha value is -1.51. The predicted octanol–water partition coefficient (Wildman–Crippen LogP) is 3.45. The second kappa shape index (κ2) is 13.2. The fraction of sp³-hybridized carbons (Fsp3) is 0.750. The molecule has 0 aliphatic carbocycles. The van der Waals surface area contributed by atoms with Crippen LogP contribution in [0.5, 0.6) is 0 Å². The first-order valence-corrected chi connectivity index (χ1v) is 13.0. The Bertz CT molecular complexity index is 771. The zero-order chi connectivity index (χ0) is 26.3. The molecule has 1 saturated heterocycles. The smallest absolute Gasteiger partial charge is 0.309 e. The summed E-state index contributed by atoms with van der Waals surface area (Å²) in [6, 6.07) is 0. The molecule has 2 rings (SSSR count). The molecule has 0 aromatic heterocycles. The van der Waals surface area contributed by atoms with Gasteiger partial charge in [-0.2, -0.15) is 0 Å². The van der Waals surface area contributed by atoms with E-state index in [4.69, 9.17) is 9.47 Å². The van der Waals surface area contributed by atoms with Crippen molar-refractivity contribution in [3.05, 3.63) is 36.0 Å². The Morgan fingerprint density at radius 2 is 1.97 bits per heavy atom. The molecule has 0 radical (unpaired) electrons. The van der Waals surface area contributed by atoms with Crippen LogP contribution in [0.4, 0.5) is 0 Å². The van der Waals surface area contributed by atoms with Crippen molar-refractivity contribution >= 4 is 5.97 Å². The van der Waals surface area contributed by atoms with Crippen molar-refractivity contribution < 1.29 is 34.7 Å². The van der Waals surface area contributed by atoms with E-state index in [1.165, 1.54) is 13.0 Å². The van der Waals surface area contributed by atoms with Crippen molar-refractivity contribution in [3.63, 3.8) is 0 Å². The standard InChI is InChI=1S/C28H46O7/c1-7-22(30)20(5)27-23(34-27)15-17(2)9-8-10-18(3)26-19(4)11-12-24(31)28(6,33)14-13-21(29)16-25(32)35-26/h8-12,17,19-24,26-27,29-31,33H,7,13-16H2,1-6H3/b9-8+,12-11+,18-10+/t17-,19+,20-,21-,22+,23+,24+,26-,27-,28-/m1/s1. The first-order valence-electron chi connectivity index (χ1n) is 13.0. The number of epoxide rings is 1. The minimum atomic E-state index is -1.39. The minimum Gasteiger partial charge on any atom is -0.457 e. The van der Waals surface area contributed by atoms with Gasteiger partial charge in [-0.1, -0.05) is 58.1 Å². The zero-order valence-electron chi connectivity index (χ0n) is 22.1. The topological polar surface area (TPSA) is 120 Å². The van der Waals surface area contributed by atoms with Gasteiger partial charge in [0.05, 0.1) is 36.4 Å².